The number of hydrogen-bond donors (Lipinski definition) is 1. The van der Waals surface area contributed by atoms with Crippen LogP contribution in [0.2, 0.25) is 0 Å². The number of esters is 5. The molecule has 0 aliphatic heterocycles. The minimum atomic E-state index is -1.44. The molecule has 1 N–H and O–H groups in total. The van der Waals surface area contributed by atoms with E-state index in [0.29, 0.717) is 0 Å². The van der Waals surface area contributed by atoms with Gasteiger partial charge in [0, 0.05) is 30.4 Å². The van der Waals surface area contributed by atoms with E-state index in [1.165, 1.54) is 38.5 Å². The Kier molecular flexibility index (Phi) is 20.4. The van der Waals surface area contributed by atoms with E-state index in [1.807, 2.05) is 0 Å². The fourth-order valence-corrected chi connectivity index (χ4v) is 3.47. The number of aliphatic hydroxyl groups excluding tert-OH is 1. The quantitative estimate of drug-likeness (QED) is 0.122. The Hall–Kier alpha value is -4.03. The first kappa shape index (κ1) is 39.0. The molecule has 0 spiro atoms. The minimum Gasteiger partial charge on any atom is -0.462 e. The van der Waals surface area contributed by atoms with Crippen molar-refractivity contribution >= 4 is 29.8 Å². The predicted molar refractivity (Wildman–Crippen MR) is 156 cm³/mol. The molecule has 0 heterocycles. The Morgan fingerprint density at radius 2 is 0.698 bits per heavy atom. The number of aliphatic hydroxyl groups is 1. The summed E-state index contributed by atoms with van der Waals surface area (Å²) in [6, 6.07) is 0. The lowest BCUT2D eigenvalue weighted by Crippen LogP contribution is -2.46. The highest BCUT2D eigenvalue weighted by Crippen LogP contribution is 2.25. The molecule has 1 saturated carbocycles. The third-order valence-electron chi connectivity index (χ3n) is 6.09. The van der Waals surface area contributed by atoms with Gasteiger partial charge in [-0.2, -0.15) is 0 Å². The second kappa shape index (κ2) is 22.6. The van der Waals surface area contributed by atoms with Crippen LogP contribution in [0.15, 0.2) is 63.3 Å². The van der Waals surface area contributed by atoms with Crippen molar-refractivity contribution in [1.29, 1.82) is 0 Å². The lowest BCUT2D eigenvalue weighted by Gasteiger charge is -2.34. The smallest absolute Gasteiger partial charge is 0.330 e. The van der Waals surface area contributed by atoms with Crippen LogP contribution >= 0.6 is 0 Å². The molecule has 0 unspecified atom stereocenters. The van der Waals surface area contributed by atoms with Gasteiger partial charge in [-0.3, -0.25) is 0 Å². The van der Waals surface area contributed by atoms with Gasteiger partial charge >= 0.3 is 29.8 Å². The summed E-state index contributed by atoms with van der Waals surface area (Å²) in [6.45, 7) is 12.8. The molecule has 0 radical (unpaired) electrons. The zero-order chi connectivity index (χ0) is 32.6. The van der Waals surface area contributed by atoms with Crippen LogP contribution in [0, 0.1) is 10.8 Å². The lowest BCUT2D eigenvalue weighted by molar-refractivity contribution is -0.166. The van der Waals surface area contributed by atoms with Crippen molar-refractivity contribution in [2.75, 3.05) is 52.9 Å². The van der Waals surface area contributed by atoms with Gasteiger partial charge in [-0.15, -0.1) is 0 Å². The first-order valence-corrected chi connectivity index (χ1v) is 13.7. The number of ether oxygens (including phenoxy) is 6. The zero-order valence-corrected chi connectivity index (χ0v) is 24.8. The maximum absolute atomic E-state index is 11.7. The third-order valence-corrected chi connectivity index (χ3v) is 6.09. The van der Waals surface area contributed by atoms with Crippen LogP contribution < -0.4 is 0 Å². The van der Waals surface area contributed by atoms with Crippen LogP contribution in [-0.2, 0) is 52.4 Å². The zero-order valence-electron chi connectivity index (χ0n) is 24.8. The summed E-state index contributed by atoms with van der Waals surface area (Å²) in [7, 11) is 0. The molecule has 1 rings (SSSR count). The largest absolute Gasteiger partial charge is 0.462 e. The van der Waals surface area contributed by atoms with E-state index in [0.717, 1.165) is 30.4 Å². The Balaban J connectivity index is 0.00000259. The lowest BCUT2D eigenvalue weighted by atomic mass is 9.90. The van der Waals surface area contributed by atoms with Crippen molar-refractivity contribution in [3.8, 4) is 0 Å². The van der Waals surface area contributed by atoms with Crippen LogP contribution in [0.5, 0.6) is 0 Å². The van der Waals surface area contributed by atoms with Crippen LogP contribution in [0.25, 0.3) is 0 Å². The van der Waals surface area contributed by atoms with E-state index >= 15 is 0 Å². The van der Waals surface area contributed by atoms with E-state index < -0.39 is 80.3 Å². The van der Waals surface area contributed by atoms with Gasteiger partial charge in [-0.25, -0.2) is 24.0 Å². The number of hydrogen-bond acceptors (Lipinski definition) is 12. The van der Waals surface area contributed by atoms with Gasteiger partial charge in [0.1, 0.15) is 33.0 Å². The van der Waals surface area contributed by atoms with Crippen molar-refractivity contribution in [3.63, 3.8) is 0 Å². The molecule has 12 heteroatoms. The molecule has 43 heavy (non-hydrogen) atoms. The number of rotatable bonds is 20. The molecule has 1 fully saturated rings. The molecule has 0 saturated heterocycles. The topological polar surface area (TPSA) is 161 Å². The SMILES string of the molecule is C1CCCCC1.C=CC(=O)OCC(CO)(COCC(COC(=O)C=C)(COC(=O)C=C)COC(=O)C=C)COC(=O)C=C. The molecule has 0 amide bonds. The van der Waals surface area contributed by atoms with Crippen molar-refractivity contribution in [1.82, 2.24) is 0 Å². The Labute approximate surface area is 253 Å². The van der Waals surface area contributed by atoms with Gasteiger partial charge in [0.05, 0.1) is 30.7 Å². The van der Waals surface area contributed by atoms with Gasteiger partial charge in [0.2, 0.25) is 0 Å². The molecule has 0 aromatic rings. The maximum Gasteiger partial charge on any atom is 0.330 e. The van der Waals surface area contributed by atoms with Gasteiger partial charge in [-0.1, -0.05) is 71.4 Å². The van der Waals surface area contributed by atoms with Gasteiger partial charge in [0.15, 0.2) is 0 Å². The standard InChI is InChI=1S/C25H32O12.C6H12/c1-6-19(27)33-14-24(11-26,15-34-20(28)7-2)12-32-13-25(16-35-21(29)8-3,17-36-22(30)9-4)18-37-23(31)10-5;1-2-4-6-5-3-1/h6-10,26H,1-5,11-18H2;1-6H2. The molecule has 12 nitrogen and oxygen atoms in total. The molecule has 0 atom stereocenters. The van der Waals surface area contributed by atoms with E-state index in [1.54, 1.807) is 0 Å². The Bertz CT molecular complexity index is 868. The van der Waals surface area contributed by atoms with Crippen molar-refractivity contribution in [2.45, 2.75) is 38.5 Å². The first-order valence-electron chi connectivity index (χ1n) is 13.7. The van der Waals surface area contributed by atoms with Gasteiger partial charge in [0.25, 0.3) is 0 Å². The fraction of sp³-hybridized carbons (Fsp3) is 0.516. The molecule has 1 aliphatic carbocycles. The van der Waals surface area contributed by atoms with Crippen LogP contribution in [0.1, 0.15) is 38.5 Å². The molecule has 240 valence electrons. The van der Waals surface area contributed by atoms with Crippen molar-refractivity contribution < 1.29 is 57.5 Å². The van der Waals surface area contributed by atoms with Crippen molar-refractivity contribution in [3.05, 3.63) is 63.3 Å². The first-order chi connectivity index (χ1) is 20.5. The Morgan fingerprint density at radius 3 is 0.930 bits per heavy atom. The summed E-state index contributed by atoms with van der Waals surface area (Å²) in [5.74, 6) is -4.04. The van der Waals surface area contributed by atoms with Crippen LogP contribution in [0.3, 0.4) is 0 Å². The summed E-state index contributed by atoms with van der Waals surface area (Å²) >= 11 is 0. The molecule has 0 bridgehead atoms. The molecule has 0 aromatic carbocycles. The normalized spacial score (nSPS) is 12.6. The molecule has 0 aromatic heterocycles. The highest BCUT2D eigenvalue weighted by Gasteiger charge is 2.39. The highest BCUT2D eigenvalue weighted by molar-refractivity contribution is 5.82. The maximum atomic E-state index is 11.7. The second-order valence-electron chi connectivity index (χ2n) is 9.83. The summed E-state index contributed by atoms with van der Waals surface area (Å²) in [6.07, 6.45) is 13.5. The molecular formula is C31H44O12. The van der Waals surface area contributed by atoms with Crippen molar-refractivity contribution in [2.24, 2.45) is 10.8 Å². The molecule has 1 aliphatic rings. The van der Waals surface area contributed by atoms with E-state index in [-0.39, 0.29) is 13.2 Å². The van der Waals surface area contributed by atoms with E-state index in [9.17, 15) is 29.1 Å². The Morgan fingerprint density at radius 1 is 0.465 bits per heavy atom. The molecular weight excluding hydrogens is 564 g/mol. The average Bonchev–Trinajstić information content (AvgIpc) is 3.06. The summed E-state index contributed by atoms with van der Waals surface area (Å²) in [5.41, 5.74) is -2.87. The van der Waals surface area contributed by atoms with Gasteiger partial charge < -0.3 is 33.5 Å². The monoisotopic (exact) mass is 608 g/mol. The third kappa shape index (κ3) is 17.5. The number of carbonyl (C=O) groups is 5. The average molecular weight is 609 g/mol. The van der Waals surface area contributed by atoms with Crippen LogP contribution in [-0.4, -0.2) is 87.8 Å². The second-order valence-corrected chi connectivity index (χ2v) is 9.83. The summed E-state index contributed by atoms with van der Waals surface area (Å²) in [5, 5.41) is 10.0. The summed E-state index contributed by atoms with van der Waals surface area (Å²) < 4.78 is 31.1. The van der Waals surface area contributed by atoms with Crippen LogP contribution in [0.4, 0.5) is 0 Å². The van der Waals surface area contributed by atoms with Gasteiger partial charge in [-0.05, 0) is 0 Å². The fourth-order valence-electron chi connectivity index (χ4n) is 3.47. The highest BCUT2D eigenvalue weighted by atomic mass is 16.6. The van der Waals surface area contributed by atoms with E-state index in [2.05, 4.69) is 32.9 Å². The number of carbonyl (C=O) groups excluding carboxylic acids is 5. The minimum absolute atomic E-state index is 0.375. The summed E-state index contributed by atoms with van der Waals surface area (Å²) in [4.78, 5) is 58.3. The van der Waals surface area contributed by atoms with E-state index in [4.69, 9.17) is 28.4 Å². The predicted octanol–water partition coefficient (Wildman–Crippen LogP) is 2.95.